The number of piperidine rings is 1. The number of aliphatic hydroxyl groups is 1. The number of methoxy groups -OCH3 is 1. The van der Waals surface area contributed by atoms with Crippen LogP contribution in [0, 0.1) is 11.8 Å². The first-order valence-electron chi connectivity index (χ1n) is 10.3. The van der Waals surface area contributed by atoms with E-state index in [0.717, 1.165) is 50.9 Å². The predicted molar refractivity (Wildman–Crippen MR) is 101 cm³/mol. The second-order valence-electron chi connectivity index (χ2n) is 7.95. The molecule has 2 N–H and O–H groups in total. The maximum Gasteiger partial charge on any atom is 0.305 e. The summed E-state index contributed by atoms with van der Waals surface area (Å²) in [6.45, 7) is 2.21. The Morgan fingerprint density at radius 1 is 1.24 bits per heavy atom. The molecule has 0 radical (unpaired) electrons. The molecule has 0 bridgehead atoms. The highest BCUT2D eigenvalue weighted by Gasteiger charge is 2.44. The van der Waals surface area contributed by atoms with Crippen LogP contribution < -0.4 is 5.32 Å². The summed E-state index contributed by atoms with van der Waals surface area (Å²) in [5.41, 5.74) is -0.616. The number of fused-ring (bicyclic) bond motifs is 1. The summed E-state index contributed by atoms with van der Waals surface area (Å²) in [7, 11) is 1.44. The monoisotopic (exact) mass is 351 g/mol. The van der Waals surface area contributed by atoms with Gasteiger partial charge in [0.1, 0.15) is 5.72 Å². The number of carbonyl (C=O) groups excluding carboxylic acids is 1. The third kappa shape index (κ3) is 6.41. The molecule has 2 rings (SSSR count). The lowest BCUT2D eigenvalue weighted by molar-refractivity contribution is -0.140. The Morgan fingerprint density at radius 3 is 2.84 bits per heavy atom. The fourth-order valence-corrected chi connectivity index (χ4v) is 4.60. The van der Waals surface area contributed by atoms with Crippen LogP contribution in [0.15, 0.2) is 12.2 Å². The standard InChI is InChI=1S/C21H37NO3/c1-3-4-9-15-21(24)16-14-18-17(12-13-19(18)22-21)10-7-5-6-8-11-20(23)25-2/h5,7,17-19,22,24H,3-4,6,8-16H2,1-2H3/b7-5-/t17-,18-,19?,21?/m1/s1. The molecule has 0 spiro atoms. The third-order valence-corrected chi connectivity index (χ3v) is 6.09. The van der Waals surface area contributed by atoms with Gasteiger partial charge in [-0.15, -0.1) is 0 Å². The molecule has 1 saturated carbocycles. The quantitative estimate of drug-likeness (QED) is 0.349. The van der Waals surface area contributed by atoms with E-state index in [1.807, 2.05) is 0 Å². The number of ether oxygens (including phenoxy) is 1. The maximum atomic E-state index is 11.1. The van der Waals surface area contributed by atoms with Gasteiger partial charge in [0.25, 0.3) is 0 Å². The molecule has 1 aliphatic heterocycles. The molecule has 1 saturated heterocycles. The second-order valence-corrected chi connectivity index (χ2v) is 7.95. The fourth-order valence-electron chi connectivity index (χ4n) is 4.60. The van der Waals surface area contributed by atoms with E-state index in [2.05, 4.69) is 29.1 Å². The Bertz CT molecular complexity index is 437. The van der Waals surface area contributed by atoms with Crippen LogP contribution in [0.5, 0.6) is 0 Å². The molecule has 4 atom stereocenters. The zero-order valence-corrected chi connectivity index (χ0v) is 16.1. The minimum atomic E-state index is -0.616. The molecule has 2 unspecified atom stereocenters. The SMILES string of the molecule is CCCCCC1(O)CC[C@H]2C(CC[C@H]2C/C=C\CCCC(=O)OC)N1. The number of rotatable bonds is 10. The first kappa shape index (κ1) is 20.4. The Kier molecular flexibility index (Phi) is 8.44. The van der Waals surface area contributed by atoms with Crippen molar-refractivity contribution >= 4 is 5.97 Å². The van der Waals surface area contributed by atoms with Gasteiger partial charge in [-0.1, -0.05) is 31.9 Å². The molecule has 25 heavy (non-hydrogen) atoms. The average molecular weight is 352 g/mol. The van der Waals surface area contributed by atoms with Gasteiger partial charge >= 0.3 is 5.97 Å². The topological polar surface area (TPSA) is 58.6 Å². The van der Waals surface area contributed by atoms with Crippen LogP contribution in [0.1, 0.15) is 84.0 Å². The maximum absolute atomic E-state index is 11.1. The van der Waals surface area contributed by atoms with Crippen LogP contribution in [0.25, 0.3) is 0 Å². The van der Waals surface area contributed by atoms with Crippen LogP contribution in [0.3, 0.4) is 0 Å². The Labute approximate surface area is 153 Å². The molecule has 144 valence electrons. The van der Waals surface area contributed by atoms with Crippen LogP contribution >= 0.6 is 0 Å². The van der Waals surface area contributed by atoms with E-state index in [0.29, 0.717) is 18.4 Å². The first-order valence-corrected chi connectivity index (χ1v) is 10.3. The lowest BCUT2D eigenvalue weighted by atomic mass is 9.80. The van der Waals surface area contributed by atoms with Crippen molar-refractivity contribution in [2.45, 2.75) is 95.7 Å². The predicted octanol–water partition coefficient (Wildman–Crippen LogP) is 4.32. The van der Waals surface area contributed by atoms with Crippen molar-refractivity contribution < 1.29 is 14.6 Å². The Balaban J connectivity index is 1.68. The van der Waals surface area contributed by atoms with Gasteiger partial charge in [-0.25, -0.2) is 0 Å². The lowest BCUT2D eigenvalue weighted by Crippen LogP contribution is -2.56. The smallest absolute Gasteiger partial charge is 0.305 e. The molecule has 0 aromatic heterocycles. The molecule has 2 fully saturated rings. The van der Waals surface area contributed by atoms with Crippen molar-refractivity contribution in [2.24, 2.45) is 11.8 Å². The van der Waals surface area contributed by atoms with Gasteiger partial charge in [0.05, 0.1) is 7.11 Å². The summed E-state index contributed by atoms with van der Waals surface area (Å²) in [6, 6.07) is 0.498. The van der Waals surface area contributed by atoms with Gasteiger partial charge in [-0.2, -0.15) is 0 Å². The summed E-state index contributed by atoms with van der Waals surface area (Å²) in [5.74, 6) is 1.34. The van der Waals surface area contributed by atoms with Crippen molar-refractivity contribution in [1.29, 1.82) is 0 Å². The Hall–Kier alpha value is -0.870. The van der Waals surface area contributed by atoms with Gasteiger partial charge in [0.2, 0.25) is 0 Å². The average Bonchev–Trinajstić information content (AvgIpc) is 2.99. The Morgan fingerprint density at radius 2 is 2.08 bits per heavy atom. The van der Waals surface area contributed by atoms with Gasteiger partial charge in [0.15, 0.2) is 0 Å². The summed E-state index contributed by atoms with van der Waals surface area (Å²) < 4.78 is 4.65. The molecular formula is C21H37NO3. The fraction of sp³-hybridized carbons (Fsp3) is 0.857. The van der Waals surface area contributed by atoms with Crippen molar-refractivity contribution in [3.8, 4) is 0 Å². The molecule has 1 aliphatic carbocycles. The number of carbonyl (C=O) groups is 1. The van der Waals surface area contributed by atoms with Crippen molar-refractivity contribution in [2.75, 3.05) is 7.11 Å². The minimum Gasteiger partial charge on any atom is -0.469 e. The van der Waals surface area contributed by atoms with Crippen molar-refractivity contribution in [1.82, 2.24) is 5.32 Å². The van der Waals surface area contributed by atoms with Gasteiger partial charge in [-0.05, 0) is 69.6 Å². The number of hydrogen-bond acceptors (Lipinski definition) is 4. The van der Waals surface area contributed by atoms with Crippen molar-refractivity contribution in [3.05, 3.63) is 12.2 Å². The van der Waals surface area contributed by atoms with E-state index in [1.54, 1.807) is 0 Å². The molecule has 0 aromatic rings. The van der Waals surface area contributed by atoms with E-state index >= 15 is 0 Å². The number of esters is 1. The number of hydrogen-bond donors (Lipinski definition) is 2. The van der Waals surface area contributed by atoms with Crippen LogP contribution in [-0.2, 0) is 9.53 Å². The number of allylic oxidation sites excluding steroid dienone is 2. The van der Waals surface area contributed by atoms with E-state index in [4.69, 9.17) is 0 Å². The van der Waals surface area contributed by atoms with Crippen LogP contribution in [0.2, 0.25) is 0 Å². The van der Waals surface area contributed by atoms with Crippen molar-refractivity contribution in [3.63, 3.8) is 0 Å². The van der Waals surface area contributed by atoms with E-state index in [1.165, 1.54) is 32.8 Å². The zero-order valence-electron chi connectivity index (χ0n) is 16.1. The molecular weight excluding hydrogens is 314 g/mol. The summed E-state index contributed by atoms with van der Waals surface area (Å²) in [5, 5.41) is 14.4. The lowest BCUT2D eigenvalue weighted by Gasteiger charge is -2.42. The summed E-state index contributed by atoms with van der Waals surface area (Å²) in [6.07, 6.45) is 16.9. The number of nitrogens with one attached hydrogen (secondary N) is 1. The summed E-state index contributed by atoms with van der Waals surface area (Å²) in [4.78, 5) is 11.1. The highest BCUT2D eigenvalue weighted by molar-refractivity contribution is 5.69. The molecule has 0 amide bonds. The van der Waals surface area contributed by atoms with Gasteiger partial charge in [-0.3, -0.25) is 10.1 Å². The molecule has 2 aliphatic rings. The molecule has 0 aromatic carbocycles. The molecule has 4 nitrogen and oxygen atoms in total. The minimum absolute atomic E-state index is 0.119. The highest BCUT2D eigenvalue weighted by atomic mass is 16.5. The largest absolute Gasteiger partial charge is 0.469 e. The summed E-state index contributed by atoms with van der Waals surface area (Å²) >= 11 is 0. The molecule has 1 heterocycles. The third-order valence-electron chi connectivity index (χ3n) is 6.09. The van der Waals surface area contributed by atoms with E-state index in [-0.39, 0.29) is 5.97 Å². The van der Waals surface area contributed by atoms with Gasteiger partial charge in [0, 0.05) is 12.5 Å². The normalized spacial score (nSPS) is 32.0. The highest BCUT2D eigenvalue weighted by Crippen LogP contribution is 2.43. The van der Waals surface area contributed by atoms with Crippen LogP contribution in [-0.4, -0.2) is 30.0 Å². The van der Waals surface area contributed by atoms with Gasteiger partial charge < -0.3 is 9.84 Å². The van der Waals surface area contributed by atoms with E-state index in [9.17, 15) is 9.90 Å². The van der Waals surface area contributed by atoms with E-state index < -0.39 is 5.72 Å². The zero-order chi connectivity index (χ0) is 18.1. The molecule has 4 heteroatoms. The first-order chi connectivity index (χ1) is 12.1. The number of unbranched alkanes of at least 4 members (excludes halogenated alkanes) is 3. The second kappa shape index (κ2) is 10.3. The van der Waals surface area contributed by atoms with Crippen LogP contribution in [0.4, 0.5) is 0 Å².